The van der Waals surface area contributed by atoms with E-state index in [0.717, 1.165) is 21.7 Å². The number of para-hydroxylation sites is 1. The number of nitrogens with one attached hydrogen (secondary N) is 1. The van der Waals surface area contributed by atoms with E-state index in [0.29, 0.717) is 38.9 Å². The van der Waals surface area contributed by atoms with Crippen molar-refractivity contribution in [1.82, 2.24) is 15.3 Å². The number of nitrogens with zero attached hydrogens (tertiary/aromatic N) is 2. The molecular formula is C26H16Cl3N3OS. The summed E-state index contributed by atoms with van der Waals surface area (Å²) >= 11 is 20.3. The maximum Gasteiger partial charge on any atom is 0.252 e. The number of fused-ring (bicyclic) bond motifs is 1. The number of carbonyl (C=O) groups is 1. The second-order valence-electron chi connectivity index (χ2n) is 7.49. The van der Waals surface area contributed by atoms with Crippen molar-refractivity contribution in [2.45, 2.75) is 6.54 Å². The highest BCUT2D eigenvalue weighted by Gasteiger charge is 2.17. The molecule has 0 aliphatic carbocycles. The lowest BCUT2D eigenvalue weighted by Gasteiger charge is -2.12. The fourth-order valence-corrected chi connectivity index (χ4v) is 5.05. The van der Waals surface area contributed by atoms with Crippen molar-refractivity contribution in [3.05, 3.63) is 105 Å². The van der Waals surface area contributed by atoms with Crippen LogP contribution in [-0.4, -0.2) is 15.9 Å². The third kappa shape index (κ3) is 4.52. The maximum atomic E-state index is 13.3. The first-order valence-electron chi connectivity index (χ1n) is 10.3. The number of aromatic nitrogens is 2. The largest absolute Gasteiger partial charge is 0.346 e. The van der Waals surface area contributed by atoms with Gasteiger partial charge in [-0.15, -0.1) is 11.3 Å². The molecule has 168 valence electrons. The highest BCUT2D eigenvalue weighted by atomic mass is 35.5. The first-order chi connectivity index (χ1) is 16.5. The van der Waals surface area contributed by atoms with Gasteiger partial charge < -0.3 is 5.32 Å². The van der Waals surface area contributed by atoms with E-state index in [4.69, 9.17) is 39.8 Å². The van der Waals surface area contributed by atoms with Gasteiger partial charge in [0.2, 0.25) is 0 Å². The van der Waals surface area contributed by atoms with Crippen molar-refractivity contribution < 1.29 is 4.79 Å². The molecule has 5 rings (SSSR count). The van der Waals surface area contributed by atoms with Gasteiger partial charge in [0.05, 0.1) is 44.1 Å². The van der Waals surface area contributed by atoms with Crippen LogP contribution in [0.2, 0.25) is 15.1 Å². The van der Waals surface area contributed by atoms with Gasteiger partial charge >= 0.3 is 0 Å². The Morgan fingerprint density at radius 2 is 1.65 bits per heavy atom. The van der Waals surface area contributed by atoms with Crippen molar-refractivity contribution in [2.75, 3.05) is 0 Å². The van der Waals surface area contributed by atoms with Crippen LogP contribution in [0.1, 0.15) is 16.1 Å². The van der Waals surface area contributed by atoms with E-state index >= 15 is 0 Å². The highest BCUT2D eigenvalue weighted by Crippen LogP contribution is 2.38. The lowest BCUT2D eigenvalue weighted by atomic mass is 10.0. The molecule has 0 bridgehead atoms. The van der Waals surface area contributed by atoms with Gasteiger partial charge in [0, 0.05) is 21.9 Å². The minimum atomic E-state index is -0.231. The summed E-state index contributed by atoms with van der Waals surface area (Å²) in [6.45, 7) is 0.307. The molecule has 0 atom stereocenters. The summed E-state index contributed by atoms with van der Waals surface area (Å²) in [5.74, 6) is -0.231. The minimum absolute atomic E-state index is 0.231. The molecule has 1 N–H and O–H groups in total. The zero-order chi connectivity index (χ0) is 23.7. The van der Waals surface area contributed by atoms with Gasteiger partial charge in [-0.3, -0.25) is 4.79 Å². The Labute approximate surface area is 215 Å². The Kier molecular flexibility index (Phi) is 6.53. The molecule has 1 amide bonds. The lowest BCUT2D eigenvalue weighted by molar-refractivity contribution is 0.0952. The van der Waals surface area contributed by atoms with Gasteiger partial charge in [-0.05, 0) is 24.3 Å². The standard InChI is InChI=1S/C26H16Cl3N3OS/c27-20-11-10-18(23(28)24(20)29)22-12-19(17-8-4-5-9-21(17)32-22)25(33)30-13-16-14-34-26(31-16)15-6-2-1-3-7-15/h1-12,14H,13H2,(H,30,33). The SMILES string of the molecule is O=C(NCc1csc(-c2ccccc2)n1)c1cc(-c2ccc(Cl)c(Cl)c2Cl)nc2ccccc12. The molecule has 0 spiro atoms. The molecule has 0 saturated carbocycles. The van der Waals surface area contributed by atoms with Crippen LogP contribution in [0.3, 0.4) is 0 Å². The van der Waals surface area contributed by atoms with Crippen LogP contribution in [0.4, 0.5) is 0 Å². The molecule has 0 radical (unpaired) electrons. The van der Waals surface area contributed by atoms with Crippen molar-refractivity contribution in [1.29, 1.82) is 0 Å². The van der Waals surface area contributed by atoms with E-state index in [-0.39, 0.29) is 10.9 Å². The summed E-state index contributed by atoms with van der Waals surface area (Å²) in [4.78, 5) is 22.6. The van der Waals surface area contributed by atoms with Crippen molar-refractivity contribution in [3.63, 3.8) is 0 Å². The molecule has 0 unspecified atom stereocenters. The predicted molar refractivity (Wildman–Crippen MR) is 141 cm³/mol. The molecule has 0 saturated heterocycles. The Morgan fingerprint density at radius 3 is 2.47 bits per heavy atom. The summed E-state index contributed by atoms with van der Waals surface area (Å²) in [5.41, 5.74) is 4.14. The lowest BCUT2D eigenvalue weighted by Crippen LogP contribution is -2.23. The third-order valence-corrected chi connectivity index (χ3v) is 7.51. The summed E-state index contributed by atoms with van der Waals surface area (Å²) in [7, 11) is 0. The second kappa shape index (κ2) is 9.72. The zero-order valence-corrected chi connectivity index (χ0v) is 20.6. The van der Waals surface area contributed by atoms with Crippen LogP contribution in [0.15, 0.2) is 78.2 Å². The van der Waals surface area contributed by atoms with Crippen LogP contribution in [0.25, 0.3) is 32.7 Å². The van der Waals surface area contributed by atoms with Crippen molar-refractivity contribution in [3.8, 4) is 21.8 Å². The smallest absolute Gasteiger partial charge is 0.252 e. The quantitative estimate of drug-likeness (QED) is 0.238. The predicted octanol–water partition coefficient (Wildman–Crippen LogP) is 7.92. The number of pyridine rings is 1. The first-order valence-corrected chi connectivity index (χ1v) is 12.3. The van der Waals surface area contributed by atoms with Crippen LogP contribution < -0.4 is 5.32 Å². The van der Waals surface area contributed by atoms with E-state index in [1.54, 1.807) is 29.5 Å². The molecule has 8 heteroatoms. The van der Waals surface area contributed by atoms with Crippen molar-refractivity contribution >= 4 is 62.9 Å². The van der Waals surface area contributed by atoms with Gasteiger partial charge in [-0.25, -0.2) is 9.97 Å². The molecule has 5 aromatic rings. The fraction of sp³-hybridized carbons (Fsp3) is 0.0385. The molecule has 2 aromatic heterocycles. The molecular weight excluding hydrogens is 509 g/mol. The van der Waals surface area contributed by atoms with E-state index in [1.165, 1.54) is 0 Å². The number of rotatable bonds is 5. The average Bonchev–Trinajstić information content (AvgIpc) is 3.35. The summed E-state index contributed by atoms with van der Waals surface area (Å²) in [6.07, 6.45) is 0. The summed E-state index contributed by atoms with van der Waals surface area (Å²) < 4.78 is 0. The molecule has 0 aliphatic rings. The van der Waals surface area contributed by atoms with Crippen LogP contribution in [-0.2, 0) is 6.54 Å². The maximum absolute atomic E-state index is 13.3. The Balaban J connectivity index is 1.46. The van der Waals surface area contributed by atoms with Crippen LogP contribution in [0.5, 0.6) is 0 Å². The molecule has 34 heavy (non-hydrogen) atoms. The second-order valence-corrected chi connectivity index (χ2v) is 9.51. The fourth-order valence-electron chi connectivity index (χ4n) is 3.59. The average molecular weight is 525 g/mol. The topological polar surface area (TPSA) is 54.9 Å². The van der Waals surface area contributed by atoms with E-state index in [1.807, 2.05) is 60.0 Å². The number of carbonyl (C=O) groups excluding carboxylic acids is 1. The molecule has 0 fully saturated rings. The van der Waals surface area contributed by atoms with Gasteiger partial charge in [-0.2, -0.15) is 0 Å². The minimum Gasteiger partial charge on any atom is -0.346 e. The Morgan fingerprint density at radius 1 is 0.882 bits per heavy atom. The Hall–Kier alpha value is -2.96. The van der Waals surface area contributed by atoms with Gasteiger partial charge in [-0.1, -0.05) is 83.3 Å². The first kappa shape index (κ1) is 22.8. The summed E-state index contributed by atoms with van der Waals surface area (Å²) in [6, 6.07) is 22.5. The monoisotopic (exact) mass is 523 g/mol. The van der Waals surface area contributed by atoms with E-state index < -0.39 is 0 Å². The van der Waals surface area contributed by atoms with Gasteiger partial charge in [0.25, 0.3) is 5.91 Å². The molecule has 3 aromatic carbocycles. The number of hydrogen-bond acceptors (Lipinski definition) is 4. The van der Waals surface area contributed by atoms with Crippen molar-refractivity contribution in [2.24, 2.45) is 0 Å². The normalized spacial score (nSPS) is 11.0. The molecule has 2 heterocycles. The van der Waals surface area contributed by atoms with Crippen LogP contribution in [0, 0.1) is 0 Å². The molecule has 0 aliphatic heterocycles. The highest BCUT2D eigenvalue weighted by molar-refractivity contribution is 7.13. The van der Waals surface area contributed by atoms with Gasteiger partial charge in [0.15, 0.2) is 0 Å². The number of amides is 1. The zero-order valence-electron chi connectivity index (χ0n) is 17.6. The van der Waals surface area contributed by atoms with E-state index in [9.17, 15) is 4.79 Å². The third-order valence-electron chi connectivity index (χ3n) is 5.27. The Bertz CT molecular complexity index is 1520. The van der Waals surface area contributed by atoms with E-state index in [2.05, 4.69) is 10.3 Å². The summed E-state index contributed by atoms with van der Waals surface area (Å²) in [5, 5.41) is 7.48. The van der Waals surface area contributed by atoms with Crippen LogP contribution >= 0.6 is 46.1 Å². The number of hydrogen-bond donors (Lipinski definition) is 1. The molecule has 4 nitrogen and oxygen atoms in total. The van der Waals surface area contributed by atoms with Gasteiger partial charge in [0.1, 0.15) is 5.01 Å². The number of halogens is 3. The number of benzene rings is 3. The number of thiazole rings is 1.